The Morgan fingerprint density at radius 1 is 1.13 bits per heavy atom. The standard InChI is InChI=1S/C22H23N3O6/c26-12-16(8-14-4-2-1-3-5-14)23-20(27)10-17-21(28)25(22(29)24-17)11-15-6-7-18-19(9-15)31-13-30-18/h1-7,9,16-17,26H,8,10-13H2,(H,23,27)(H,24,29)/t16-,17+/m0/s1. The Bertz CT molecular complexity index is 980. The molecule has 9 heteroatoms. The molecule has 4 amide bonds. The Balaban J connectivity index is 1.33. The van der Waals surface area contributed by atoms with Gasteiger partial charge in [0.1, 0.15) is 6.04 Å². The first-order valence-corrected chi connectivity index (χ1v) is 9.98. The highest BCUT2D eigenvalue weighted by Gasteiger charge is 2.39. The predicted molar refractivity (Wildman–Crippen MR) is 109 cm³/mol. The van der Waals surface area contributed by atoms with Crippen molar-refractivity contribution in [2.75, 3.05) is 13.4 Å². The zero-order valence-electron chi connectivity index (χ0n) is 16.7. The van der Waals surface area contributed by atoms with Crippen molar-refractivity contribution in [3.8, 4) is 11.5 Å². The number of ether oxygens (including phenoxy) is 2. The van der Waals surface area contributed by atoms with Crippen LogP contribution in [0, 0.1) is 0 Å². The Morgan fingerprint density at radius 2 is 1.90 bits per heavy atom. The molecule has 31 heavy (non-hydrogen) atoms. The van der Waals surface area contributed by atoms with E-state index in [9.17, 15) is 19.5 Å². The third-order valence-corrected chi connectivity index (χ3v) is 5.18. The number of urea groups is 1. The summed E-state index contributed by atoms with van der Waals surface area (Å²) in [5, 5.41) is 14.9. The molecule has 0 aliphatic carbocycles. The van der Waals surface area contributed by atoms with E-state index in [4.69, 9.17) is 9.47 Å². The van der Waals surface area contributed by atoms with Gasteiger partial charge in [-0.3, -0.25) is 14.5 Å². The lowest BCUT2D eigenvalue weighted by Gasteiger charge is -2.17. The van der Waals surface area contributed by atoms with Crippen molar-refractivity contribution in [2.24, 2.45) is 0 Å². The summed E-state index contributed by atoms with van der Waals surface area (Å²) >= 11 is 0. The van der Waals surface area contributed by atoms with E-state index >= 15 is 0 Å². The molecule has 2 aliphatic heterocycles. The molecule has 0 saturated carbocycles. The predicted octanol–water partition coefficient (Wildman–Crippen LogP) is 0.946. The summed E-state index contributed by atoms with van der Waals surface area (Å²) in [6, 6.07) is 12.7. The molecule has 2 heterocycles. The van der Waals surface area contributed by atoms with E-state index in [-0.39, 0.29) is 26.4 Å². The molecule has 1 saturated heterocycles. The number of hydrogen-bond acceptors (Lipinski definition) is 6. The van der Waals surface area contributed by atoms with Gasteiger partial charge in [-0.1, -0.05) is 36.4 Å². The fraction of sp³-hybridized carbons (Fsp3) is 0.318. The number of hydrogen-bond donors (Lipinski definition) is 3. The number of amides is 4. The van der Waals surface area contributed by atoms with Gasteiger partial charge in [-0.2, -0.15) is 0 Å². The van der Waals surface area contributed by atoms with Crippen molar-refractivity contribution in [3.05, 3.63) is 59.7 Å². The van der Waals surface area contributed by atoms with Crippen LogP contribution in [0.25, 0.3) is 0 Å². The first-order valence-electron chi connectivity index (χ1n) is 9.98. The van der Waals surface area contributed by atoms with Gasteiger partial charge in [0, 0.05) is 0 Å². The summed E-state index contributed by atoms with van der Waals surface area (Å²) in [6.07, 6.45) is 0.262. The van der Waals surface area contributed by atoms with E-state index in [1.807, 2.05) is 30.3 Å². The van der Waals surface area contributed by atoms with Gasteiger partial charge in [-0.15, -0.1) is 0 Å². The fourth-order valence-corrected chi connectivity index (χ4v) is 3.62. The smallest absolute Gasteiger partial charge is 0.325 e. The average molecular weight is 425 g/mol. The first kappa shape index (κ1) is 20.7. The first-order chi connectivity index (χ1) is 15.0. The second kappa shape index (κ2) is 9.05. The Hall–Kier alpha value is -3.59. The van der Waals surface area contributed by atoms with Crippen LogP contribution in [0.3, 0.4) is 0 Å². The van der Waals surface area contributed by atoms with Crippen molar-refractivity contribution in [1.29, 1.82) is 0 Å². The molecule has 2 atom stereocenters. The van der Waals surface area contributed by atoms with Crippen LogP contribution in [0.15, 0.2) is 48.5 Å². The molecule has 4 rings (SSSR count). The third-order valence-electron chi connectivity index (χ3n) is 5.18. The highest BCUT2D eigenvalue weighted by atomic mass is 16.7. The van der Waals surface area contributed by atoms with Gasteiger partial charge < -0.3 is 25.2 Å². The van der Waals surface area contributed by atoms with E-state index in [1.165, 1.54) is 0 Å². The zero-order chi connectivity index (χ0) is 21.8. The summed E-state index contributed by atoms with van der Waals surface area (Å²) in [5.41, 5.74) is 1.68. The highest BCUT2D eigenvalue weighted by molar-refractivity contribution is 6.05. The third kappa shape index (κ3) is 4.77. The van der Waals surface area contributed by atoms with Crippen LogP contribution in [0.4, 0.5) is 4.79 Å². The lowest BCUT2D eigenvalue weighted by Crippen LogP contribution is -2.43. The highest BCUT2D eigenvalue weighted by Crippen LogP contribution is 2.33. The van der Waals surface area contributed by atoms with E-state index in [2.05, 4.69) is 10.6 Å². The average Bonchev–Trinajstić information content (AvgIpc) is 3.33. The number of carbonyl (C=O) groups excluding carboxylic acids is 3. The van der Waals surface area contributed by atoms with Gasteiger partial charge in [0.05, 0.1) is 25.6 Å². The van der Waals surface area contributed by atoms with Gasteiger partial charge in [0.2, 0.25) is 12.7 Å². The van der Waals surface area contributed by atoms with Gasteiger partial charge in [0.15, 0.2) is 11.5 Å². The van der Waals surface area contributed by atoms with Crippen LogP contribution in [0.5, 0.6) is 11.5 Å². The summed E-state index contributed by atoms with van der Waals surface area (Å²) in [7, 11) is 0. The number of fused-ring (bicyclic) bond motifs is 1. The molecule has 1 fully saturated rings. The van der Waals surface area contributed by atoms with Crippen molar-refractivity contribution in [3.63, 3.8) is 0 Å². The molecule has 162 valence electrons. The summed E-state index contributed by atoms with van der Waals surface area (Å²) in [4.78, 5) is 38.5. The molecular formula is C22H23N3O6. The number of rotatable bonds is 8. The van der Waals surface area contributed by atoms with Crippen LogP contribution in [-0.4, -0.2) is 53.3 Å². The van der Waals surface area contributed by atoms with Crippen molar-refractivity contribution < 1.29 is 29.0 Å². The Kier molecular flexibility index (Phi) is 6.03. The van der Waals surface area contributed by atoms with E-state index < -0.39 is 29.9 Å². The van der Waals surface area contributed by atoms with Crippen LogP contribution in [-0.2, 0) is 22.6 Å². The molecule has 0 aromatic heterocycles. The van der Waals surface area contributed by atoms with Gasteiger partial charge in [-0.05, 0) is 29.7 Å². The summed E-state index contributed by atoms with van der Waals surface area (Å²) < 4.78 is 10.6. The van der Waals surface area contributed by atoms with Gasteiger partial charge in [0.25, 0.3) is 5.91 Å². The molecule has 3 N–H and O–H groups in total. The van der Waals surface area contributed by atoms with Crippen LogP contribution in [0.2, 0.25) is 0 Å². The van der Waals surface area contributed by atoms with Crippen molar-refractivity contribution in [2.45, 2.75) is 31.5 Å². The molecule has 0 radical (unpaired) electrons. The lowest BCUT2D eigenvalue weighted by molar-refractivity contribution is -0.131. The summed E-state index contributed by atoms with van der Waals surface area (Å²) in [5.74, 6) is 0.290. The SMILES string of the molecule is O=C(C[C@H]1NC(=O)N(Cc2ccc3c(c2)OCO3)C1=O)N[C@H](CO)Cc1ccccc1. The quantitative estimate of drug-likeness (QED) is 0.542. The van der Waals surface area contributed by atoms with Gasteiger partial charge >= 0.3 is 6.03 Å². The minimum absolute atomic E-state index is 0.0622. The second-order valence-corrected chi connectivity index (χ2v) is 7.45. The maximum atomic E-state index is 12.7. The molecule has 9 nitrogen and oxygen atoms in total. The molecule has 2 aromatic carbocycles. The second-order valence-electron chi connectivity index (χ2n) is 7.45. The fourth-order valence-electron chi connectivity index (χ4n) is 3.62. The van der Waals surface area contributed by atoms with Crippen LogP contribution in [0.1, 0.15) is 17.5 Å². The molecule has 2 aliphatic rings. The monoisotopic (exact) mass is 425 g/mol. The molecule has 2 aromatic rings. The lowest BCUT2D eigenvalue weighted by atomic mass is 10.1. The molecule has 0 spiro atoms. The van der Waals surface area contributed by atoms with Crippen molar-refractivity contribution >= 4 is 17.8 Å². The number of nitrogens with zero attached hydrogens (tertiary/aromatic N) is 1. The number of aliphatic hydroxyl groups excluding tert-OH is 1. The number of carbonyl (C=O) groups is 3. The number of nitrogens with one attached hydrogen (secondary N) is 2. The normalized spacial score (nSPS) is 18.1. The minimum Gasteiger partial charge on any atom is -0.454 e. The Morgan fingerprint density at radius 3 is 2.68 bits per heavy atom. The van der Waals surface area contributed by atoms with Crippen molar-refractivity contribution in [1.82, 2.24) is 15.5 Å². The van der Waals surface area contributed by atoms with Gasteiger partial charge in [-0.25, -0.2) is 4.79 Å². The number of aliphatic hydroxyl groups is 1. The summed E-state index contributed by atoms with van der Waals surface area (Å²) in [6.45, 7) is -0.0350. The van der Waals surface area contributed by atoms with E-state index in [0.717, 1.165) is 10.5 Å². The molecule has 0 bridgehead atoms. The Labute approximate surface area is 178 Å². The van der Waals surface area contributed by atoms with Crippen LogP contribution < -0.4 is 20.1 Å². The molecule has 0 unspecified atom stereocenters. The number of imide groups is 1. The minimum atomic E-state index is -0.947. The molecular weight excluding hydrogens is 402 g/mol. The van der Waals surface area contributed by atoms with Crippen LogP contribution >= 0.6 is 0 Å². The topological polar surface area (TPSA) is 117 Å². The van der Waals surface area contributed by atoms with E-state index in [1.54, 1.807) is 18.2 Å². The maximum Gasteiger partial charge on any atom is 0.325 e. The zero-order valence-corrected chi connectivity index (χ0v) is 16.7. The number of benzene rings is 2. The maximum absolute atomic E-state index is 12.7. The van der Waals surface area contributed by atoms with E-state index in [0.29, 0.717) is 23.5 Å². The largest absolute Gasteiger partial charge is 0.454 e.